The van der Waals surface area contributed by atoms with Gasteiger partial charge in [-0.1, -0.05) is 42.5 Å². The molecule has 0 bridgehead atoms. The highest BCUT2D eigenvalue weighted by molar-refractivity contribution is 5.92. The van der Waals surface area contributed by atoms with Crippen LogP contribution in [0.4, 0.5) is 10.5 Å². The number of benzene rings is 2. The van der Waals surface area contributed by atoms with Crippen LogP contribution in [0.15, 0.2) is 54.6 Å². The van der Waals surface area contributed by atoms with Gasteiger partial charge in [-0.25, -0.2) is 4.79 Å². The van der Waals surface area contributed by atoms with Gasteiger partial charge in [0.25, 0.3) is 0 Å². The highest BCUT2D eigenvalue weighted by Crippen LogP contribution is 2.11. The first-order valence-corrected chi connectivity index (χ1v) is 9.77. The van der Waals surface area contributed by atoms with Gasteiger partial charge in [0, 0.05) is 12.2 Å². The molecule has 160 valence electrons. The number of anilines is 1. The van der Waals surface area contributed by atoms with Crippen molar-refractivity contribution in [3.8, 4) is 0 Å². The Kier molecular flexibility index (Phi) is 7.98. The van der Waals surface area contributed by atoms with Gasteiger partial charge in [-0.3, -0.25) is 9.59 Å². The van der Waals surface area contributed by atoms with Crippen LogP contribution in [-0.4, -0.2) is 41.5 Å². The summed E-state index contributed by atoms with van der Waals surface area (Å²) >= 11 is 0. The number of aryl methyl sites for hydroxylation is 1. The van der Waals surface area contributed by atoms with Crippen molar-refractivity contribution in [3.05, 3.63) is 65.7 Å². The van der Waals surface area contributed by atoms with Crippen LogP contribution in [0.3, 0.4) is 0 Å². The molecule has 0 spiro atoms. The predicted molar refractivity (Wildman–Crippen MR) is 116 cm³/mol. The minimum atomic E-state index is -0.648. The molecule has 7 heteroatoms. The fourth-order valence-electron chi connectivity index (χ4n) is 2.73. The molecule has 0 aliphatic heterocycles. The van der Waals surface area contributed by atoms with E-state index in [9.17, 15) is 14.4 Å². The lowest BCUT2D eigenvalue weighted by Gasteiger charge is -2.25. The predicted octanol–water partition coefficient (Wildman–Crippen LogP) is 3.49. The monoisotopic (exact) mass is 411 g/mol. The number of nitrogens with zero attached hydrogens (tertiary/aromatic N) is 1. The molecule has 0 aromatic heterocycles. The molecule has 0 unspecified atom stereocenters. The number of carbonyl (C=O) groups excluding carboxylic acids is 3. The van der Waals surface area contributed by atoms with Crippen LogP contribution in [0.25, 0.3) is 0 Å². The van der Waals surface area contributed by atoms with Crippen LogP contribution >= 0.6 is 0 Å². The molecule has 30 heavy (non-hydrogen) atoms. The van der Waals surface area contributed by atoms with E-state index in [2.05, 4.69) is 10.6 Å². The summed E-state index contributed by atoms with van der Waals surface area (Å²) in [6.07, 6.45) is 0. The molecule has 3 amide bonds. The maximum atomic E-state index is 12.7. The Bertz CT molecular complexity index is 876. The highest BCUT2D eigenvalue weighted by Gasteiger charge is 2.22. The average molecular weight is 412 g/mol. The number of carbonyl (C=O) groups is 3. The van der Waals surface area contributed by atoms with E-state index in [0.29, 0.717) is 5.69 Å². The molecule has 0 atom stereocenters. The molecule has 0 aliphatic carbocycles. The quantitative estimate of drug-likeness (QED) is 0.683. The first-order chi connectivity index (χ1) is 14.1. The standard InChI is InChI=1S/C23H29N3O4/c1-17-9-8-12-19(13-17)25-22(29)24-14-20(27)26(15-18-10-6-5-7-11-18)16-21(28)30-23(2,3)4/h5-13H,14-16H2,1-4H3,(H2,24,25,29). The van der Waals surface area contributed by atoms with Gasteiger partial charge in [0.05, 0.1) is 6.54 Å². The Hall–Kier alpha value is -3.35. The summed E-state index contributed by atoms with van der Waals surface area (Å²) in [4.78, 5) is 38.5. The highest BCUT2D eigenvalue weighted by atomic mass is 16.6. The van der Waals surface area contributed by atoms with Crippen molar-refractivity contribution in [1.82, 2.24) is 10.2 Å². The van der Waals surface area contributed by atoms with Crippen molar-refractivity contribution in [2.45, 2.75) is 39.8 Å². The Balaban J connectivity index is 1.98. The second-order valence-electron chi connectivity index (χ2n) is 8.00. The number of esters is 1. The average Bonchev–Trinajstić information content (AvgIpc) is 2.65. The maximum Gasteiger partial charge on any atom is 0.326 e. The molecule has 0 aliphatic rings. The number of nitrogens with one attached hydrogen (secondary N) is 2. The third kappa shape index (κ3) is 8.34. The summed E-state index contributed by atoms with van der Waals surface area (Å²) in [6, 6.07) is 16.2. The Morgan fingerprint density at radius 1 is 1.00 bits per heavy atom. The molecular formula is C23H29N3O4. The van der Waals surface area contributed by atoms with E-state index < -0.39 is 17.6 Å². The third-order valence-electron chi connectivity index (χ3n) is 3.99. The molecular weight excluding hydrogens is 382 g/mol. The number of rotatable bonds is 7. The lowest BCUT2D eigenvalue weighted by molar-refractivity contribution is -0.159. The van der Waals surface area contributed by atoms with Gasteiger partial charge in [0.1, 0.15) is 12.1 Å². The molecule has 0 fully saturated rings. The van der Waals surface area contributed by atoms with Crippen molar-refractivity contribution in [1.29, 1.82) is 0 Å². The van der Waals surface area contributed by atoms with Gasteiger partial charge in [0.2, 0.25) is 5.91 Å². The summed E-state index contributed by atoms with van der Waals surface area (Å²) < 4.78 is 5.34. The van der Waals surface area contributed by atoms with Gasteiger partial charge in [-0.05, 0) is 51.0 Å². The summed E-state index contributed by atoms with van der Waals surface area (Å²) in [5.41, 5.74) is 1.87. The molecule has 0 saturated carbocycles. The first-order valence-electron chi connectivity index (χ1n) is 9.77. The van der Waals surface area contributed by atoms with E-state index in [4.69, 9.17) is 4.74 Å². The molecule has 0 heterocycles. The molecule has 0 radical (unpaired) electrons. The van der Waals surface area contributed by atoms with Gasteiger partial charge >= 0.3 is 12.0 Å². The SMILES string of the molecule is Cc1cccc(NC(=O)NCC(=O)N(CC(=O)OC(C)(C)C)Cc2ccccc2)c1. The number of ether oxygens (including phenoxy) is 1. The zero-order chi connectivity index (χ0) is 22.1. The van der Waals surface area contributed by atoms with Crippen LogP contribution in [0, 0.1) is 6.92 Å². The van der Waals surface area contributed by atoms with Crippen molar-refractivity contribution >= 4 is 23.6 Å². The summed E-state index contributed by atoms with van der Waals surface area (Å²) in [7, 11) is 0. The molecule has 2 aromatic rings. The zero-order valence-electron chi connectivity index (χ0n) is 17.9. The normalized spacial score (nSPS) is 10.8. The zero-order valence-corrected chi connectivity index (χ0v) is 17.9. The minimum absolute atomic E-state index is 0.202. The summed E-state index contributed by atoms with van der Waals surface area (Å²) in [5, 5.41) is 5.23. The lowest BCUT2D eigenvalue weighted by Crippen LogP contribution is -2.44. The Morgan fingerprint density at radius 3 is 2.33 bits per heavy atom. The smallest absolute Gasteiger partial charge is 0.326 e. The third-order valence-corrected chi connectivity index (χ3v) is 3.99. The Labute approximate surface area is 177 Å². The lowest BCUT2D eigenvalue weighted by atomic mass is 10.2. The van der Waals surface area contributed by atoms with Gasteiger partial charge in [-0.15, -0.1) is 0 Å². The van der Waals surface area contributed by atoms with Gasteiger partial charge in [-0.2, -0.15) is 0 Å². The van der Waals surface area contributed by atoms with Crippen molar-refractivity contribution in [2.75, 3.05) is 18.4 Å². The summed E-state index contributed by atoms with van der Waals surface area (Å²) in [5.74, 6) is -0.889. The van der Waals surface area contributed by atoms with Crippen LogP contribution in [0.5, 0.6) is 0 Å². The molecule has 2 N–H and O–H groups in total. The van der Waals surface area contributed by atoms with E-state index in [1.807, 2.05) is 55.5 Å². The number of amides is 3. The van der Waals surface area contributed by atoms with E-state index in [1.165, 1.54) is 4.90 Å². The second-order valence-corrected chi connectivity index (χ2v) is 8.00. The van der Waals surface area contributed by atoms with Crippen molar-refractivity contribution < 1.29 is 19.1 Å². The van der Waals surface area contributed by atoms with Crippen LogP contribution in [-0.2, 0) is 20.9 Å². The fourth-order valence-corrected chi connectivity index (χ4v) is 2.73. The number of hydrogen-bond acceptors (Lipinski definition) is 4. The topological polar surface area (TPSA) is 87.7 Å². The van der Waals surface area contributed by atoms with Crippen LogP contribution in [0.1, 0.15) is 31.9 Å². The minimum Gasteiger partial charge on any atom is -0.459 e. The van der Waals surface area contributed by atoms with E-state index >= 15 is 0 Å². The van der Waals surface area contributed by atoms with Crippen molar-refractivity contribution in [3.63, 3.8) is 0 Å². The number of hydrogen-bond donors (Lipinski definition) is 2. The second kappa shape index (κ2) is 10.4. The van der Waals surface area contributed by atoms with Gasteiger partial charge < -0.3 is 20.3 Å². The van der Waals surface area contributed by atoms with E-state index in [1.54, 1.807) is 26.8 Å². The van der Waals surface area contributed by atoms with E-state index in [0.717, 1.165) is 11.1 Å². The Morgan fingerprint density at radius 2 is 1.70 bits per heavy atom. The first kappa shape index (κ1) is 22.9. The molecule has 2 aromatic carbocycles. The number of urea groups is 1. The summed E-state index contributed by atoms with van der Waals surface area (Å²) in [6.45, 7) is 7.02. The fraction of sp³-hybridized carbons (Fsp3) is 0.348. The van der Waals surface area contributed by atoms with Crippen molar-refractivity contribution in [2.24, 2.45) is 0 Å². The maximum absolute atomic E-state index is 12.7. The van der Waals surface area contributed by atoms with E-state index in [-0.39, 0.29) is 25.5 Å². The van der Waals surface area contributed by atoms with Crippen LogP contribution in [0.2, 0.25) is 0 Å². The molecule has 2 rings (SSSR count). The largest absolute Gasteiger partial charge is 0.459 e. The van der Waals surface area contributed by atoms with Crippen LogP contribution < -0.4 is 10.6 Å². The van der Waals surface area contributed by atoms with Gasteiger partial charge in [0.15, 0.2) is 0 Å². The molecule has 0 saturated heterocycles. The molecule has 7 nitrogen and oxygen atoms in total.